The van der Waals surface area contributed by atoms with Crippen molar-refractivity contribution in [2.24, 2.45) is 0 Å². The SMILES string of the molecule is C#C/C(=C\c1ccc(C(C)=O)cc1)C(=O)OCC. The van der Waals surface area contributed by atoms with Crippen LogP contribution in [-0.2, 0) is 9.53 Å². The Hall–Kier alpha value is -2.34. The number of rotatable bonds is 4. The van der Waals surface area contributed by atoms with Crippen LogP contribution in [0.2, 0.25) is 0 Å². The van der Waals surface area contributed by atoms with E-state index in [-0.39, 0.29) is 18.0 Å². The van der Waals surface area contributed by atoms with Crippen molar-refractivity contribution in [1.82, 2.24) is 0 Å². The van der Waals surface area contributed by atoms with E-state index in [1.807, 2.05) is 0 Å². The van der Waals surface area contributed by atoms with E-state index in [0.717, 1.165) is 5.56 Å². The van der Waals surface area contributed by atoms with Gasteiger partial charge in [-0.1, -0.05) is 30.2 Å². The molecule has 0 fully saturated rings. The molecule has 0 radical (unpaired) electrons. The molecule has 0 aliphatic heterocycles. The summed E-state index contributed by atoms with van der Waals surface area (Å²) in [6, 6.07) is 6.83. The maximum atomic E-state index is 11.5. The molecule has 1 aromatic rings. The third-order valence-electron chi connectivity index (χ3n) is 2.28. The fourth-order valence-electron chi connectivity index (χ4n) is 1.35. The van der Waals surface area contributed by atoms with Crippen molar-refractivity contribution in [2.45, 2.75) is 13.8 Å². The van der Waals surface area contributed by atoms with E-state index in [1.165, 1.54) is 6.92 Å². The number of terminal acetylenes is 1. The van der Waals surface area contributed by atoms with Gasteiger partial charge in [-0.15, -0.1) is 6.42 Å². The molecule has 0 unspecified atom stereocenters. The lowest BCUT2D eigenvalue weighted by Crippen LogP contribution is -2.06. The number of carbonyl (C=O) groups is 2. The second kappa shape index (κ2) is 6.41. The van der Waals surface area contributed by atoms with Gasteiger partial charge in [-0.2, -0.15) is 0 Å². The third kappa shape index (κ3) is 3.60. The fraction of sp³-hybridized carbons (Fsp3) is 0.200. The first-order valence-electron chi connectivity index (χ1n) is 5.55. The molecule has 0 aromatic heterocycles. The Labute approximate surface area is 106 Å². The zero-order valence-electron chi connectivity index (χ0n) is 10.4. The summed E-state index contributed by atoms with van der Waals surface area (Å²) in [6.45, 7) is 3.49. The zero-order valence-corrected chi connectivity index (χ0v) is 10.4. The number of hydrogen-bond acceptors (Lipinski definition) is 3. The van der Waals surface area contributed by atoms with Crippen LogP contribution in [0.3, 0.4) is 0 Å². The van der Waals surface area contributed by atoms with Crippen LogP contribution in [-0.4, -0.2) is 18.4 Å². The van der Waals surface area contributed by atoms with Crippen LogP contribution in [0.1, 0.15) is 29.8 Å². The molecule has 0 saturated heterocycles. The molecule has 3 heteroatoms. The van der Waals surface area contributed by atoms with Crippen molar-refractivity contribution >= 4 is 17.8 Å². The summed E-state index contributed by atoms with van der Waals surface area (Å²) in [4.78, 5) is 22.6. The predicted molar refractivity (Wildman–Crippen MR) is 69.9 cm³/mol. The van der Waals surface area contributed by atoms with Gasteiger partial charge in [0.05, 0.1) is 6.61 Å². The molecule has 3 nitrogen and oxygen atoms in total. The summed E-state index contributed by atoms with van der Waals surface area (Å²) in [7, 11) is 0. The molecule has 0 N–H and O–H groups in total. The molecule has 1 rings (SSSR count). The molecule has 0 saturated carbocycles. The molecule has 0 spiro atoms. The minimum absolute atomic E-state index is 0.00639. The average Bonchev–Trinajstić information content (AvgIpc) is 2.36. The molecule has 92 valence electrons. The Morgan fingerprint density at radius 1 is 1.33 bits per heavy atom. The first-order valence-corrected chi connectivity index (χ1v) is 5.55. The van der Waals surface area contributed by atoms with Gasteiger partial charge in [0.25, 0.3) is 0 Å². The van der Waals surface area contributed by atoms with Crippen molar-refractivity contribution in [3.8, 4) is 12.3 Å². The predicted octanol–water partition coefficient (Wildman–Crippen LogP) is 2.47. The van der Waals surface area contributed by atoms with Crippen LogP contribution in [0.5, 0.6) is 0 Å². The summed E-state index contributed by atoms with van der Waals surface area (Å²) < 4.78 is 4.83. The molecular formula is C15H14O3. The van der Waals surface area contributed by atoms with Crippen LogP contribution < -0.4 is 0 Å². The Morgan fingerprint density at radius 3 is 2.39 bits per heavy atom. The van der Waals surface area contributed by atoms with Gasteiger partial charge in [0, 0.05) is 5.56 Å². The summed E-state index contributed by atoms with van der Waals surface area (Å²) in [6.07, 6.45) is 6.81. The number of hydrogen-bond donors (Lipinski definition) is 0. The summed E-state index contributed by atoms with van der Waals surface area (Å²) in [5, 5.41) is 0. The van der Waals surface area contributed by atoms with Crippen LogP contribution in [0, 0.1) is 12.3 Å². The van der Waals surface area contributed by atoms with E-state index in [0.29, 0.717) is 5.56 Å². The van der Waals surface area contributed by atoms with Crippen LogP contribution >= 0.6 is 0 Å². The second-order valence-electron chi connectivity index (χ2n) is 3.60. The molecular weight excluding hydrogens is 228 g/mol. The van der Waals surface area contributed by atoms with Crippen LogP contribution in [0.4, 0.5) is 0 Å². The maximum Gasteiger partial charge on any atom is 0.346 e. The normalized spacial score (nSPS) is 10.6. The smallest absolute Gasteiger partial charge is 0.346 e. The van der Waals surface area contributed by atoms with Crippen molar-refractivity contribution < 1.29 is 14.3 Å². The Kier molecular flexibility index (Phi) is 4.89. The van der Waals surface area contributed by atoms with E-state index in [9.17, 15) is 9.59 Å². The highest BCUT2D eigenvalue weighted by Crippen LogP contribution is 2.10. The standard InChI is InChI=1S/C15H14O3/c1-4-13(15(17)18-5-2)10-12-6-8-14(9-7-12)11(3)16/h1,6-10H,5H2,2-3H3/b13-10+. The maximum absolute atomic E-state index is 11.5. The molecule has 0 aliphatic rings. The van der Waals surface area contributed by atoms with Crippen molar-refractivity contribution in [3.63, 3.8) is 0 Å². The summed E-state index contributed by atoms with van der Waals surface area (Å²) >= 11 is 0. The molecule has 1 aromatic carbocycles. The van der Waals surface area contributed by atoms with Gasteiger partial charge < -0.3 is 4.74 Å². The highest BCUT2D eigenvalue weighted by molar-refractivity contribution is 5.98. The number of esters is 1. The number of ether oxygens (including phenoxy) is 1. The molecule has 0 bridgehead atoms. The number of benzene rings is 1. The topological polar surface area (TPSA) is 43.4 Å². The molecule has 0 amide bonds. The molecule has 18 heavy (non-hydrogen) atoms. The molecule has 0 heterocycles. The minimum atomic E-state index is -0.518. The Bertz CT molecular complexity index is 516. The van der Waals surface area contributed by atoms with E-state index in [2.05, 4.69) is 5.92 Å². The van der Waals surface area contributed by atoms with E-state index in [1.54, 1.807) is 37.3 Å². The quantitative estimate of drug-likeness (QED) is 0.352. The van der Waals surface area contributed by atoms with Gasteiger partial charge in [0.15, 0.2) is 5.78 Å². The molecule has 0 atom stereocenters. The lowest BCUT2D eigenvalue weighted by molar-refractivity contribution is -0.137. The van der Waals surface area contributed by atoms with Gasteiger partial charge in [-0.3, -0.25) is 4.79 Å². The van der Waals surface area contributed by atoms with Gasteiger partial charge >= 0.3 is 5.97 Å². The first-order chi connectivity index (χ1) is 8.58. The van der Waals surface area contributed by atoms with E-state index < -0.39 is 5.97 Å². The highest BCUT2D eigenvalue weighted by atomic mass is 16.5. The van der Waals surface area contributed by atoms with E-state index in [4.69, 9.17) is 11.2 Å². The van der Waals surface area contributed by atoms with E-state index >= 15 is 0 Å². The summed E-state index contributed by atoms with van der Waals surface area (Å²) in [5.41, 5.74) is 1.53. The minimum Gasteiger partial charge on any atom is -0.462 e. The Balaban J connectivity index is 2.97. The lowest BCUT2D eigenvalue weighted by atomic mass is 10.1. The highest BCUT2D eigenvalue weighted by Gasteiger charge is 2.07. The van der Waals surface area contributed by atoms with Crippen LogP contribution in [0.25, 0.3) is 6.08 Å². The largest absolute Gasteiger partial charge is 0.462 e. The van der Waals surface area contributed by atoms with Gasteiger partial charge in [-0.25, -0.2) is 4.79 Å². The van der Waals surface area contributed by atoms with Crippen molar-refractivity contribution in [2.75, 3.05) is 6.61 Å². The zero-order chi connectivity index (χ0) is 13.5. The first kappa shape index (κ1) is 13.7. The van der Waals surface area contributed by atoms with Gasteiger partial charge in [-0.05, 0) is 25.5 Å². The van der Waals surface area contributed by atoms with Gasteiger partial charge in [0.1, 0.15) is 5.57 Å². The number of carbonyl (C=O) groups excluding carboxylic acids is 2. The molecule has 0 aliphatic carbocycles. The van der Waals surface area contributed by atoms with Crippen molar-refractivity contribution in [1.29, 1.82) is 0 Å². The monoisotopic (exact) mass is 242 g/mol. The summed E-state index contributed by atoms with van der Waals surface area (Å²) in [5.74, 6) is 1.77. The lowest BCUT2D eigenvalue weighted by Gasteiger charge is -2.01. The average molecular weight is 242 g/mol. The van der Waals surface area contributed by atoms with Crippen molar-refractivity contribution in [3.05, 3.63) is 41.0 Å². The second-order valence-corrected chi connectivity index (χ2v) is 3.60. The fourth-order valence-corrected chi connectivity index (χ4v) is 1.35. The number of Topliss-reactive ketones (excluding diaryl/α,β-unsaturated/α-hetero) is 1. The number of ketones is 1. The van der Waals surface area contributed by atoms with Crippen LogP contribution in [0.15, 0.2) is 29.8 Å². The third-order valence-corrected chi connectivity index (χ3v) is 2.28. The van der Waals surface area contributed by atoms with Gasteiger partial charge in [0.2, 0.25) is 0 Å². The Morgan fingerprint density at radius 2 is 1.94 bits per heavy atom.